The van der Waals surface area contributed by atoms with Crippen molar-refractivity contribution in [3.8, 4) is 0 Å². The van der Waals surface area contributed by atoms with Crippen LogP contribution in [0.1, 0.15) is 16.7 Å². The summed E-state index contributed by atoms with van der Waals surface area (Å²) in [5.41, 5.74) is 4.61. The van der Waals surface area contributed by atoms with Crippen molar-refractivity contribution in [3.05, 3.63) is 108 Å². The molecular weight excluding hydrogens is 434 g/mol. The molecule has 0 bridgehead atoms. The summed E-state index contributed by atoms with van der Waals surface area (Å²) in [6.45, 7) is 0. The van der Waals surface area contributed by atoms with Crippen LogP contribution in [0.15, 0.2) is 91.0 Å². The Bertz CT molecular complexity index is 639. The number of hydrogen-bond donors (Lipinski definition) is 0. The van der Waals surface area contributed by atoms with Gasteiger partial charge in [0.25, 0.3) is 0 Å². The lowest BCUT2D eigenvalue weighted by atomic mass is 9.74. The Morgan fingerprint density at radius 1 is 0.560 bits per heavy atom. The quantitative estimate of drug-likeness (QED) is 0.259. The van der Waals surface area contributed by atoms with Crippen molar-refractivity contribution >= 4 is 28.3 Å². The van der Waals surface area contributed by atoms with E-state index in [4.69, 9.17) is 0 Å². The maximum atomic E-state index is 2.57. The first-order valence-electron chi connectivity index (χ1n) is 8.75. The molecule has 0 N–H and O–H groups in total. The van der Waals surface area contributed by atoms with Gasteiger partial charge in [0.15, 0.2) is 0 Å². The van der Waals surface area contributed by atoms with Gasteiger partial charge in [-0.1, -0.05) is 119 Å². The number of hydrogen-bond acceptors (Lipinski definition) is 0. The highest BCUT2D eigenvalue weighted by atomic mass is 127. The van der Waals surface area contributed by atoms with Gasteiger partial charge in [0, 0.05) is 0 Å². The lowest BCUT2D eigenvalue weighted by Gasteiger charge is -2.34. The summed E-state index contributed by atoms with van der Waals surface area (Å²) >= 11 is 2.57. The van der Waals surface area contributed by atoms with Crippen LogP contribution < -0.4 is 0 Å². The molecule has 1 unspecified atom stereocenters. The summed E-state index contributed by atoms with van der Waals surface area (Å²) in [6.07, 6.45) is 5.59. The van der Waals surface area contributed by atoms with Crippen molar-refractivity contribution in [1.82, 2.24) is 0 Å². The second-order valence-electron chi connectivity index (χ2n) is 6.80. The Hall–Kier alpha value is -1.18. The molecule has 0 saturated heterocycles. The third-order valence-corrected chi connectivity index (χ3v) is 6.74. The van der Waals surface area contributed by atoms with Gasteiger partial charge >= 0.3 is 0 Å². The molecule has 2 heteroatoms. The average Bonchev–Trinajstić information content (AvgIpc) is 2.64. The Morgan fingerprint density at radius 3 is 1.16 bits per heavy atom. The smallest absolute Gasteiger partial charge is 0.0132 e. The molecule has 0 saturated carbocycles. The first-order chi connectivity index (χ1) is 12.3. The van der Waals surface area contributed by atoms with Crippen LogP contribution in [-0.4, -0.2) is 6.16 Å². The molecule has 0 radical (unpaired) electrons. The molecule has 0 aliphatic heterocycles. The van der Waals surface area contributed by atoms with Crippen LogP contribution in [0.4, 0.5) is 0 Å². The van der Waals surface area contributed by atoms with Crippen molar-refractivity contribution in [2.45, 2.75) is 19.3 Å². The number of rotatable bonds is 8. The molecule has 0 amide bonds. The summed E-state index contributed by atoms with van der Waals surface area (Å²) in [5.74, 6) is 0. The van der Waals surface area contributed by atoms with Crippen LogP contribution in [0.3, 0.4) is 0 Å². The minimum atomic E-state index is 0.268. The third kappa shape index (κ3) is 5.66. The zero-order valence-electron chi connectivity index (χ0n) is 14.4. The summed E-state index contributed by atoms with van der Waals surface area (Å²) in [6, 6.07) is 33.0. The fourth-order valence-corrected chi connectivity index (χ4v) is 6.69. The molecular formula is C23H24IP. The molecule has 0 aliphatic carbocycles. The van der Waals surface area contributed by atoms with E-state index in [0.29, 0.717) is 0 Å². The molecule has 1 atom stereocenters. The molecule has 25 heavy (non-hydrogen) atoms. The Morgan fingerprint density at radius 2 is 0.880 bits per heavy atom. The number of benzene rings is 3. The Kier molecular flexibility index (Phi) is 7.07. The highest BCUT2D eigenvalue weighted by Crippen LogP contribution is 2.40. The van der Waals surface area contributed by atoms with Gasteiger partial charge in [-0.25, -0.2) is 0 Å². The van der Waals surface area contributed by atoms with E-state index < -0.39 is 0 Å². The van der Waals surface area contributed by atoms with Crippen molar-refractivity contribution in [3.63, 3.8) is 0 Å². The fourth-order valence-electron chi connectivity index (χ4n) is 3.60. The van der Waals surface area contributed by atoms with Gasteiger partial charge in [-0.3, -0.25) is 0 Å². The van der Waals surface area contributed by atoms with Crippen LogP contribution in [0.5, 0.6) is 0 Å². The van der Waals surface area contributed by atoms with Gasteiger partial charge in [-0.05, 0) is 47.5 Å². The molecule has 128 valence electrons. The normalized spacial score (nSPS) is 11.9. The zero-order chi connectivity index (χ0) is 17.4. The van der Waals surface area contributed by atoms with E-state index in [1.54, 1.807) is 0 Å². The molecule has 0 heterocycles. The van der Waals surface area contributed by atoms with Gasteiger partial charge < -0.3 is 0 Å². The van der Waals surface area contributed by atoms with Gasteiger partial charge in [-0.2, -0.15) is 0 Å². The van der Waals surface area contributed by atoms with Crippen LogP contribution >= 0.6 is 28.3 Å². The molecule has 0 spiro atoms. The fraction of sp³-hybridized carbons (Fsp3) is 0.217. The topological polar surface area (TPSA) is 0 Å². The molecule has 3 aromatic rings. The van der Waals surface area contributed by atoms with E-state index in [2.05, 4.69) is 113 Å². The summed E-state index contributed by atoms with van der Waals surface area (Å²) in [7, 11) is 0. The second-order valence-corrected chi connectivity index (χ2v) is 9.71. The lowest BCUT2D eigenvalue weighted by Crippen LogP contribution is -2.31. The second kappa shape index (κ2) is 9.50. The third-order valence-electron chi connectivity index (χ3n) is 4.71. The zero-order valence-corrected chi connectivity index (χ0v) is 17.5. The maximum Gasteiger partial charge on any atom is -0.0132 e. The average molecular weight is 458 g/mol. The summed E-state index contributed by atoms with van der Waals surface area (Å²) in [5, 5.41) is 0. The first-order valence-corrected chi connectivity index (χ1v) is 13.1. The van der Waals surface area contributed by atoms with E-state index in [1.807, 2.05) is 0 Å². The monoisotopic (exact) mass is 458 g/mol. The van der Waals surface area contributed by atoms with Gasteiger partial charge in [0.05, 0.1) is 0 Å². The van der Waals surface area contributed by atoms with E-state index in [-0.39, 0.29) is 5.41 Å². The summed E-state index contributed by atoms with van der Waals surface area (Å²) in [4.78, 5) is 0. The minimum absolute atomic E-state index is 0.268. The highest BCUT2D eigenvalue weighted by Gasteiger charge is 2.30. The highest BCUT2D eigenvalue weighted by molar-refractivity contribution is 14.2. The summed E-state index contributed by atoms with van der Waals surface area (Å²) < 4.78 is 0. The van der Waals surface area contributed by atoms with Crippen LogP contribution in [-0.2, 0) is 19.3 Å². The number of halogens is 1. The van der Waals surface area contributed by atoms with E-state index in [1.165, 1.54) is 22.9 Å². The van der Waals surface area contributed by atoms with Crippen LogP contribution in [0.25, 0.3) is 0 Å². The molecule has 0 aromatic heterocycles. The largest absolute Gasteiger partial charge is 0.0622 e. The van der Waals surface area contributed by atoms with Gasteiger partial charge in [0.2, 0.25) is 0 Å². The molecule has 3 aromatic carbocycles. The van der Waals surface area contributed by atoms with Gasteiger partial charge in [-0.15, -0.1) is 0 Å². The first kappa shape index (κ1) is 18.6. The maximum absolute atomic E-state index is 2.57. The van der Waals surface area contributed by atoms with Crippen LogP contribution in [0, 0.1) is 5.41 Å². The molecule has 0 nitrogen and oxygen atoms in total. The van der Waals surface area contributed by atoms with E-state index >= 15 is 0 Å². The van der Waals surface area contributed by atoms with Crippen LogP contribution in [0.2, 0.25) is 0 Å². The molecule has 0 aliphatic rings. The Balaban J connectivity index is 1.94. The van der Waals surface area contributed by atoms with Gasteiger partial charge in [0.1, 0.15) is 0 Å². The predicted molar refractivity (Wildman–Crippen MR) is 120 cm³/mol. The lowest BCUT2D eigenvalue weighted by molar-refractivity contribution is 0.324. The van der Waals surface area contributed by atoms with Crippen molar-refractivity contribution in [2.75, 3.05) is 6.16 Å². The van der Waals surface area contributed by atoms with Crippen molar-refractivity contribution < 1.29 is 0 Å². The minimum Gasteiger partial charge on any atom is -0.0622 e. The van der Waals surface area contributed by atoms with E-state index in [0.717, 1.165) is 25.5 Å². The van der Waals surface area contributed by atoms with E-state index in [9.17, 15) is 0 Å². The molecule has 3 rings (SSSR count). The van der Waals surface area contributed by atoms with Crippen molar-refractivity contribution in [1.29, 1.82) is 0 Å². The predicted octanol–water partition coefficient (Wildman–Crippen LogP) is 6.73. The van der Waals surface area contributed by atoms with Crippen molar-refractivity contribution in [2.24, 2.45) is 5.41 Å². The Labute approximate surface area is 166 Å². The SMILES string of the molecule is IPCC(Cc1ccccc1)(Cc1ccccc1)Cc1ccccc1. The standard InChI is InChI=1S/C23H24IP/c24-25-19-23(16-20-10-4-1-5-11-20,17-21-12-6-2-7-13-21)18-22-14-8-3-9-15-22/h1-15,25H,16-19H2. The molecule has 0 fully saturated rings.